The second-order valence-corrected chi connectivity index (χ2v) is 4.89. The smallest absolute Gasteiger partial charge is 0.315 e. The standard InChI is InChI=1S/C18H24O2/c1-4-5-6-8-11-15(2)16(3)20-18(19)14-17-12-9-7-10-13-17/h5-7,9-10,12-13H,4,8,11,14H2,1-3H3/b6-5+,16-15+. The van der Waals surface area contributed by atoms with Crippen LogP contribution in [0.5, 0.6) is 0 Å². The molecule has 1 aromatic rings. The van der Waals surface area contributed by atoms with E-state index in [1.165, 1.54) is 0 Å². The number of hydrogen-bond donors (Lipinski definition) is 0. The van der Waals surface area contributed by atoms with Gasteiger partial charge < -0.3 is 4.74 Å². The molecule has 0 heterocycles. The molecular formula is C18H24O2. The van der Waals surface area contributed by atoms with E-state index in [1.54, 1.807) is 0 Å². The molecule has 0 amide bonds. The minimum absolute atomic E-state index is 0.197. The molecule has 2 nitrogen and oxygen atoms in total. The van der Waals surface area contributed by atoms with Crippen LogP contribution in [-0.2, 0) is 16.0 Å². The van der Waals surface area contributed by atoms with Gasteiger partial charge in [-0.15, -0.1) is 0 Å². The molecular weight excluding hydrogens is 248 g/mol. The van der Waals surface area contributed by atoms with Gasteiger partial charge in [-0.2, -0.15) is 0 Å². The van der Waals surface area contributed by atoms with Gasteiger partial charge >= 0.3 is 5.97 Å². The van der Waals surface area contributed by atoms with Crippen molar-refractivity contribution in [1.82, 2.24) is 0 Å². The lowest BCUT2D eigenvalue weighted by Gasteiger charge is -2.08. The Bertz CT molecular complexity index is 469. The van der Waals surface area contributed by atoms with Crippen LogP contribution < -0.4 is 0 Å². The first-order valence-corrected chi connectivity index (χ1v) is 7.19. The molecule has 0 atom stereocenters. The summed E-state index contributed by atoms with van der Waals surface area (Å²) in [6, 6.07) is 9.66. The van der Waals surface area contributed by atoms with Gasteiger partial charge in [0.05, 0.1) is 6.42 Å². The summed E-state index contributed by atoms with van der Waals surface area (Å²) in [4.78, 5) is 11.8. The van der Waals surface area contributed by atoms with Crippen LogP contribution in [0, 0.1) is 0 Å². The number of carbonyl (C=O) groups is 1. The van der Waals surface area contributed by atoms with E-state index in [9.17, 15) is 4.79 Å². The molecule has 0 aliphatic rings. The van der Waals surface area contributed by atoms with Crippen LogP contribution in [0.25, 0.3) is 0 Å². The Kier molecular flexibility index (Phi) is 7.41. The Morgan fingerprint density at radius 2 is 1.85 bits per heavy atom. The molecule has 0 aliphatic heterocycles. The molecule has 20 heavy (non-hydrogen) atoms. The molecule has 108 valence electrons. The van der Waals surface area contributed by atoms with Crippen molar-refractivity contribution in [2.75, 3.05) is 0 Å². The summed E-state index contributed by atoms with van der Waals surface area (Å²) >= 11 is 0. The Hall–Kier alpha value is -1.83. The first kappa shape index (κ1) is 16.2. The van der Waals surface area contributed by atoms with Gasteiger partial charge in [-0.3, -0.25) is 4.79 Å². The van der Waals surface area contributed by atoms with E-state index >= 15 is 0 Å². The third kappa shape index (κ3) is 6.37. The zero-order valence-electron chi connectivity index (χ0n) is 12.7. The zero-order valence-corrected chi connectivity index (χ0v) is 12.7. The van der Waals surface area contributed by atoms with Crippen molar-refractivity contribution in [2.45, 2.75) is 46.5 Å². The Morgan fingerprint density at radius 1 is 1.15 bits per heavy atom. The van der Waals surface area contributed by atoms with Crippen LogP contribution in [-0.4, -0.2) is 5.97 Å². The number of carbonyl (C=O) groups excluding carboxylic acids is 1. The van der Waals surface area contributed by atoms with E-state index in [1.807, 2.05) is 44.2 Å². The summed E-state index contributed by atoms with van der Waals surface area (Å²) in [6.07, 6.45) is 7.63. The Balaban J connectivity index is 2.45. The van der Waals surface area contributed by atoms with Gasteiger partial charge in [-0.25, -0.2) is 0 Å². The van der Waals surface area contributed by atoms with E-state index < -0.39 is 0 Å². The van der Waals surface area contributed by atoms with Crippen LogP contribution in [0.2, 0.25) is 0 Å². The molecule has 0 aromatic heterocycles. The number of hydrogen-bond acceptors (Lipinski definition) is 2. The summed E-state index contributed by atoms with van der Waals surface area (Å²) in [5.41, 5.74) is 2.11. The van der Waals surface area contributed by atoms with Gasteiger partial charge in [0.15, 0.2) is 0 Å². The number of esters is 1. The van der Waals surface area contributed by atoms with Crippen LogP contribution in [0.15, 0.2) is 53.8 Å². The van der Waals surface area contributed by atoms with Gasteiger partial charge in [0.2, 0.25) is 0 Å². The van der Waals surface area contributed by atoms with E-state index in [2.05, 4.69) is 19.1 Å². The monoisotopic (exact) mass is 272 g/mol. The molecule has 0 unspecified atom stereocenters. The number of ether oxygens (including phenoxy) is 1. The maximum absolute atomic E-state index is 11.8. The van der Waals surface area contributed by atoms with Crippen LogP contribution in [0.3, 0.4) is 0 Å². The topological polar surface area (TPSA) is 26.3 Å². The Morgan fingerprint density at radius 3 is 2.50 bits per heavy atom. The quantitative estimate of drug-likeness (QED) is 0.404. The fourth-order valence-electron chi connectivity index (χ4n) is 1.82. The van der Waals surface area contributed by atoms with Crippen molar-refractivity contribution in [1.29, 1.82) is 0 Å². The minimum Gasteiger partial charge on any atom is -0.431 e. The zero-order chi connectivity index (χ0) is 14.8. The summed E-state index contributed by atoms with van der Waals surface area (Å²) < 4.78 is 5.39. The first-order valence-electron chi connectivity index (χ1n) is 7.19. The second kappa shape index (κ2) is 9.13. The van der Waals surface area contributed by atoms with E-state index in [-0.39, 0.29) is 5.97 Å². The van der Waals surface area contributed by atoms with Crippen molar-refractivity contribution < 1.29 is 9.53 Å². The highest BCUT2D eigenvalue weighted by molar-refractivity contribution is 5.73. The molecule has 0 bridgehead atoms. The third-order valence-electron chi connectivity index (χ3n) is 3.15. The highest BCUT2D eigenvalue weighted by atomic mass is 16.5. The van der Waals surface area contributed by atoms with Crippen molar-refractivity contribution in [3.8, 4) is 0 Å². The van der Waals surface area contributed by atoms with Crippen molar-refractivity contribution in [3.05, 3.63) is 59.4 Å². The van der Waals surface area contributed by atoms with Gasteiger partial charge in [-0.1, -0.05) is 49.4 Å². The molecule has 0 spiro atoms. The van der Waals surface area contributed by atoms with Gasteiger partial charge in [0.25, 0.3) is 0 Å². The molecule has 0 saturated heterocycles. The number of rotatable bonds is 7. The normalized spacial score (nSPS) is 12.3. The molecule has 2 heteroatoms. The fourth-order valence-corrected chi connectivity index (χ4v) is 1.82. The molecule has 1 aromatic carbocycles. The lowest BCUT2D eigenvalue weighted by Crippen LogP contribution is -2.07. The number of benzene rings is 1. The molecule has 0 aliphatic carbocycles. The Labute approximate surface area is 122 Å². The predicted octanol–water partition coefficient (Wildman–Crippen LogP) is 4.81. The summed E-state index contributed by atoms with van der Waals surface area (Å²) in [5, 5.41) is 0. The lowest BCUT2D eigenvalue weighted by atomic mass is 10.1. The lowest BCUT2D eigenvalue weighted by molar-refractivity contribution is -0.138. The predicted molar refractivity (Wildman–Crippen MR) is 83.3 cm³/mol. The van der Waals surface area contributed by atoms with Gasteiger partial charge in [0.1, 0.15) is 5.76 Å². The van der Waals surface area contributed by atoms with Gasteiger partial charge in [-0.05, 0) is 44.2 Å². The van der Waals surface area contributed by atoms with Crippen molar-refractivity contribution in [2.24, 2.45) is 0 Å². The second-order valence-electron chi connectivity index (χ2n) is 4.89. The van der Waals surface area contributed by atoms with Crippen LogP contribution in [0.1, 0.15) is 45.6 Å². The van der Waals surface area contributed by atoms with E-state index in [4.69, 9.17) is 4.74 Å². The molecule has 0 radical (unpaired) electrons. The number of allylic oxidation sites excluding steroid dienone is 4. The first-order chi connectivity index (χ1) is 9.63. The highest BCUT2D eigenvalue weighted by Gasteiger charge is 2.07. The van der Waals surface area contributed by atoms with Crippen LogP contribution >= 0.6 is 0 Å². The maximum atomic E-state index is 11.8. The minimum atomic E-state index is -0.197. The van der Waals surface area contributed by atoms with Crippen molar-refractivity contribution >= 4 is 5.97 Å². The SMILES string of the molecule is CC/C=C/CC/C(C)=C(\C)OC(=O)Cc1ccccc1. The maximum Gasteiger partial charge on any atom is 0.315 e. The molecule has 0 saturated carbocycles. The van der Waals surface area contributed by atoms with Crippen molar-refractivity contribution in [3.63, 3.8) is 0 Å². The highest BCUT2D eigenvalue weighted by Crippen LogP contribution is 2.13. The summed E-state index contributed by atoms with van der Waals surface area (Å²) in [6.45, 7) is 6.00. The summed E-state index contributed by atoms with van der Waals surface area (Å²) in [5.74, 6) is 0.535. The fraction of sp³-hybridized carbons (Fsp3) is 0.389. The van der Waals surface area contributed by atoms with E-state index in [0.717, 1.165) is 36.2 Å². The summed E-state index contributed by atoms with van der Waals surface area (Å²) in [7, 11) is 0. The largest absolute Gasteiger partial charge is 0.431 e. The average molecular weight is 272 g/mol. The van der Waals surface area contributed by atoms with E-state index in [0.29, 0.717) is 6.42 Å². The van der Waals surface area contributed by atoms with Crippen LogP contribution in [0.4, 0.5) is 0 Å². The third-order valence-corrected chi connectivity index (χ3v) is 3.15. The average Bonchev–Trinajstić information content (AvgIpc) is 2.44. The van der Waals surface area contributed by atoms with Gasteiger partial charge in [0, 0.05) is 0 Å². The molecule has 1 rings (SSSR count). The molecule has 0 N–H and O–H groups in total. The molecule has 0 fully saturated rings.